The second-order valence-electron chi connectivity index (χ2n) is 6.79. The number of rotatable bonds is 7. The van der Waals surface area contributed by atoms with Crippen molar-refractivity contribution in [1.82, 2.24) is 15.5 Å². The molecule has 0 radical (unpaired) electrons. The Morgan fingerprint density at radius 1 is 1.20 bits per heavy atom. The van der Waals surface area contributed by atoms with Gasteiger partial charge < -0.3 is 10.1 Å². The number of likely N-dealkylation sites (N-methyl/N-ethyl adjacent to an activating group) is 1. The van der Waals surface area contributed by atoms with E-state index in [0.717, 1.165) is 25.0 Å². The molecule has 1 fully saturated rings. The Morgan fingerprint density at radius 3 is 2.64 bits per heavy atom. The molecule has 25 heavy (non-hydrogen) atoms. The van der Waals surface area contributed by atoms with Gasteiger partial charge in [0.1, 0.15) is 12.4 Å². The average Bonchev–Trinajstić information content (AvgIpc) is 2.57. The molecule has 2 unspecified atom stereocenters. The molecule has 2 N–H and O–H groups in total. The first kappa shape index (κ1) is 19.2. The molecular weight excluding hydrogens is 318 g/mol. The Labute approximate surface area is 149 Å². The van der Waals surface area contributed by atoms with Gasteiger partial charge in [-0.2, -0.15) is 0 Å². The Hall–Kier alpha value is -2.08. The Morgan fingerprint density at radius 2 is 1.92 bits per heavy atom. The standard InChI is InChI=1S/C19H29N3O3/c1-15-8-6-7-11-17(15)20-19(24)21-18(23)14-22(2)12-13-25-16-9-4-3-5-10-16/h3-5,9-10,15,17H,6-8,11-14H2,1-2H3,(H2,20,21,23,24). The zero-order chi connectivity index (χ0) is 18.1. The molecule has 0 aromatic heterocycles. The van der Waals surface area contributed by atoms with Crippen molar-refractivity contribution in [1.29, 1.82) is 0 Å². The first-order valence-electron chi connectivity index (χ1n) is 9.01. The number of nitrogens with one attached hydrogen (secondary N) is 2. The van der Waals surface area contributed by atoms with Crippen LogP contribution in [-0.2, 0) is 4.79 Å². The summed E-state index contributed by atoms with van der Waals surface area (Å²) >= 11 is 0. The van der Waals surface area contributed by atoms with Crippen LogP contribution < -0.4 is 15.4 Å². The van der Waals surface area contributed by atoms with Crippen LogP contribution >= 0.6 is 0 Å². The van der Waals surface area contributed by atoms with Crippen LogP contribution in [0, 0.1) is 5.92 Å². The number of imide groups is 1. The lowest BCUT2D eigenvalue weighted by Crippen LogP contribution is -2.49. The molecule has 6 nitrogen and oxygen atoms in total. The van der Waals surface area contributed by atoms with Crippen molar-refractivity contribution in [2.24, 2.45) is 5.92 Å². The predicted octanol–water partition coefficient (Wildman–Crippen LogP) is 2.40. The molecule has 0 bridgehead atoms. The highest BCUT2D eigenvalue weighted by Gasteiger charge is 2.23. The molecule has 1 aromatic rings. The summed E-state index contributed by atoms with van der Waals surface area (Å²) < 4.78 is 5.60. The van der Waals surface area contributed by atoms with E-state index in [2.05, 4.69) is 17.6 Å². The lowest BCUT2D eigenvalue weighted by Gasteiger charge is -2.29. The van der Waals surface area contributed by atoms with Crippen molar-refractivity contribution >= 4 is 11.9 Å². The molecule has 3 amide bonds. The second kappa shape index (κ2) is 10.0. The maximum Gasteiger partial charge on any atom is 0.321 e. The summed E-state index contributed by atoms with van der Waals surface area (Å²) in [7, 11) is 1.83. The minimum atomic E-state index is -0.391. The Kier molecular flexibility index (Phi) is 7.73. The van der Waals surface area contributed by atoms with Gasteiger partial charge in [-0.1, -0.05) is 38.0 Å². The van der Waals surface area contributed by atoms with Crippen molar-refractivity contribution in [2.75, 3.05) is 26.7 Å². The van der Waals surface area contributed by atoms with Crippen LogP contribution in [0.5, 0.6) is 5.75 Å². The van der Waals surface area contributed by atoms with Crippen LogP contribution in [0.25, 0.3) is 0 Å². The van der Waals surface area contributed by atoms with E-state index in [1.165, 1.54) is 6.42 Å². The zero-order valence-corrected chi connectivity index (χ0v) is 15.2. The normalized spacial score (nSPS) is 20.1. The SMILES string of the molecule is CC1CCCCC1NC(=O)NC(=O)CN(C)CCOc1ccccc1. The molecule has 2 atom stereocenters. The largest absolute Gasteiger partial charge is 0.492 e. The number of hydrogen-bond acceptors (Lipinski definition) is 4. The highest BCUT2D eigenvalue weighted by Crippen LogP contribution is 2.23. The first-order chi connectivity index (χ1) is 12.0. The lowest BCUT2D eigenvalue weighted by atomic mass is 9.86. The molecule has 0 spiro atoms. The number of nitrogens with zero attached hydrogens (tertiary/aromatic N) is 1. The quantitative estimate of drug-likeness (QED) is 0.795. The van der Waals surface area contributed by atoms with Crippen molar-refractivity contribution in [3.8, 4) is 5.75 Å². The van der Waals surface area contributed by atoms with Crippen LogP contribution in [-0.4, -0.2) is 49.6 Å². The smallest absolute Gasteiger partial charge is 0.321 e. The van der Waals surface area contributed by atoms with Gasteiger partial charge in [0.15, 0.2) is 0 Å². The van der Waals surface area contributed by atoms with Gasteiger partial charge in [0.25, 0.3) is 0 Å². The fraction of sp³-hybridized carbons (Fsp3) is 0.579. The number of ether oxygens (including phenoxy) is 1. The molecule has 1 saturated carbocycles. The van der Waals surface area contributed by atoms with Crippen molar-refractivity contribution in [3.63, 3.8) is 0 Å². The maximum atomic E-state index is 12.0. The number of hydrogen-bond donors (Lipinski definition) is 2. The van der Waals surface area contributed by atoms with Gasteiger partial charge in [-0.15, -0.1) is 0 Å². The van der Waals surface area contributed by atoms with Gasteiger partial charge in [0, 0.05) is 12.6 Å². The molecule has 2 rings (SSSR count). The third-order valence-electron chi connectivity index (χ3n) is 4.58. The molecule has 1 aromatic carbocycles. The summed E-state index contributed by atoms with van der Waals surface area (Å²) in [6.07, 6.45) is 4.46. The monoisotopic (exact) mass is 347 g/mol. The first-order valence-corrected chi connectivity index (χ1v) is 9.01. The van der Waals surface area contributed by atoms with Crippen LogP contribution in [0.4, 0.5) is 4.79 Å². The predicted molar refractivity (Wildman–Crippen MR) is 97.5 cm³/mol. The molecule has 1 aliphatic rings. The average molecular weight is 347 g/mol. The van der Waals surface area contributed by atoms with Gasteiger partial charge in [-0.05, 0) is 37.9 Å². The molecule has 0 saturated heterocycles. The van der Waals surface area contributed by atoms with E-state index in [1.807, 2.05) is 42.3 Å². The van der Waals surface area contributed by atoms with Gasteiger partial charge >= 0.3 is 6.03 Å². The highest BCUT2D eigenvalue weighted by atomic mass is 16.5. The van der Waals surface area contributed by atoms with E-state index in [9.17, 15) is 9.59 Å². The Balaban J connectivity index is 1.62. The lowest BCUT2D eigenvalue weighted by molar-refractivity contribution is -0.120. The molecule has 0 heterocycles. The van der Waals surface area contributed by atoms with Crippen molar-refractivity contribution in [3.05, 3.63) is 30.3 Å². The van der Waals surface area contributed by atoms with Gasteiger partial charge in [0.2, 0.25) is 5.91 Å². The summed E-state index contributed by atoms with van der Waals surface area (Å²) in [4.78, 5) is 25.8. The van der Waals surface area contributed by atoms with E-state index in [4.69, 9.17) is 4.74 Å². The topological polar surface area (TPSA) is 70.7 Å². The molecule has 138 valence electrons. The number of carbonyl (C=O) groups is 2. The summed E-state index contributed by atoms with van der Waals surface area (Å²) in [5.41, 5.74) is 0. The summed E-state index contributed by atoms with van der Waals surface area (Å²) in [5.74, 6) is 0.969. The number of para-hydroxylation sites is 1. The summed E-state index contributed by atoms with van der Waals surface area (Å²) in [6, 6.07) is 9.32. The summed E-state index contributed by atoms with van der Waals surface area (Å²) in [5, 5.41) is 5.34. The van der Waals surface area contributed by atoms with E-state index in [1.54, 1.807) is 0 Å². The second-order valence-corrected chi connectivity index (χ2v) is 6.79. The number of urea groups is 1. The number of amides is 3. The van der Waals surface area contributed by atoms with Crippen LogP contribution in [0.3, 0.4) is 0 Å². The number of carbonyl (C=O) groups excluding carboxylic acids is 2. The molecule has 6 heteroatoms. The minimum absolute atomic E-state index is 0.159. The van der Waals surface area contributed by atoms with E-state index in [-0.39, 0.29) is 18.5 Å². The molecule has 1 aliphatic carbocycles. The third kappa shape index (κ3) is 7.13. The van der Waals surface area contributed by atoms with Crippen LogP contribution in [0.2, 0.25) is 0 Å². The molecular formula is C19H29N3O3. The van der Waals surface area contributed by atoms with E-state index < -0.39 is 6.03 Å². The zero-order valence-electron chi connectivity index (χ0n) is 15.2. The maximum absolute atomic E-state index is 12.0. The van der Waals surface area contributed by atoms with Crippen LogP contribution in [0.1, 0.15) is 32.6 Å². The third-order valence-corrected chi connectivity index (χ3v) is 4.58. The molecule has 0 aliphatic heterocycles. The fourth-order valence-corrected chi connectivity index (χ4v) is 3.06. The van der Waals surface area contributed by atoms with E-state index >= 15 is 0 Å². The number of benzene rings is 1. The Bertz CT molecular complexity index is 550. The fourth-order valence-electron chi connectivity index (χ4n) is 3.06. The van der Waals surface area contributed by atoms with Crippen molar-refractivity contribution in [2.45, 2.75) is 38.6 Å². The summed E-state index contributed by atoms with van der Waals surface area (Å²) in [6.45, 7) is 3.39. The minimum Gasteiger partial charge on any atom is -0.492 e. The van der Waals surface area contributed by atoms with Gasteiger partial charge in [0.05, 0.1) is 6.54 Å². The van der Waals surface area contributed by atoms with Crippen LogP contribution in [0.15, 0.2) is 30.3 Å². The van der Waals surface area contributed by atoms with Crippen molar-refractivity contribution < 1.29 is 14.3 Å². The van der Waals surface area contributed by atoms with E-state index in [0.29, 0.717) is 19.1 Å². The van der Waals surface area contributed by atoms with Gasteiger partial charge in [-0.25, -0.2) is 4.79 Å². The van der Waals surface area contributed by atoms with Gasteiger partial charge in [-0.3, -0.25) is 15.0 Å². The highest BCUT2D eigenvalue weighted by molar-refractivity contribution is 5.95.